The molecule has 0 aliphatic carbocycles. The molecule has 1 aromatic heterocycles. The Morgan fingerprint density at radius 2 is 1.94 bits per heavy atom. The number of hydrogen-bond acceptors (Lipinski definition) is 7. The lowest BCUT2D eigenvalue weighted by molar-refractivity contribution is 0.0435. The zero-order chi connectivity index (χ0) is 24.7. The lowest BCUT2D eigenvalue weighted by Gasteiger charge is -2.15. The lowest BCUT2D eigenvalue weighted by atomic mass is 10.1. The molecule has 1 atom stereocenters. The van der Waals surface area contributed by atoms with Crippen LogP contribution < -0.4 is 5.32 Å². The summed E-state index contributed by atoms with van der Waals surface area (Å²) in [4.78, 5) is 25.4. The van der Waals surface area contributed by atoms with Crippen LogP contribution in [0.1, 0.15) is 58.8 Å². The Morgan fingerprint density at radius 1 is 1.24 bits per heavy atom. The number of aryl methyl sites for hydroxylation is 1. The van der Waals surface area contributed by atoms with Crippen LogP contribution in [0.5, 0.6) is 0 Å². The molecule has 0 spiro atoms. The Labute approximate surface area is 200 Å². The Kier molecular flexibility index (Phi) is 8.84. The zero-order valence-electron chi connectivity index (χ0n) is 20.0. The summed E-state index contributed by atoms with van der Waals surface area (Å²) in [6, 6.07) is 5.68. The molecule has 0 fully saturated rings. The number of rotatable bonds is 7. The first-order valence-corrected chi connectivity index (χ1v) is 13.5. The molecule has 10 heteroatoms. The summed E-state index contributed by atoms with van der Waals surface area (Å²) in [6.07, 6.45) is 4.00. The van der Waals surface area contributed by atoms with Gasteiger partial charge >= 0.3 is 5.97 Å². The number of esters is 1. The smallest absolute Gasteiger partial charge is 0.338 e. The molecule has 2 aromatic rings. The second-order valence-electron chi connectivity index (χ2n) is 8.63. The number of fused-ring (bicyclic) bond motifs is 1. The van der Waals surface area contributed by atoms with Crippen molar-refractivity contribution in [2.75, 3.05) is 32.6 Å². The fourth-order valence-electron chi connectivity index (χ4n) is 3.86. The van der Waals surface area contributed by atoms with Crippen molar-refractivity contribution in [3.8, 4) is 0 Å². The van der Waals surface area contributed by atoms with Gasteiger partial charge in [0, 0.05) is 38.5 Å². The highest BCUT2D eigenvalue weighted by Crippen LogP contribution is 2.20. The summed E-state index contributed by atoms with van der Waals surface area (Å²) in [5.74, 6) is -0.667. The highest BCUT2D eigenvalue weighted by atomic mass is 32.2. The number of benzene rings is 1. The minimum Gasteiger partial charge on any atom is -0.462 e. The van der Waals surface area contributed by atoms with E-state index >= 15 is 0 Å². The maximum Gasteiger partial charge on any atom is 0.338 e. The molecule has 0 saturated heterocycles. The number of amides is 1. The van der Waals surface area contributed by atoms with E-state index in [0.717, 1.165) is 30.5 Å². The van der Waals surface area contributed by atoms with Crippen LogP contribution in [0.3, 0.4) is 0 Å². The van der Waals surface area contributed by atoms with Crippen molar-refractivity contribution in [3.05, 3.63) is 46.8 Å². The summed E-state index contributed by atoms with van der Waals surface area (Å²) in [5, 5.41) is 7.67. The van der Waals surface area contributed by atoms with Crippen molar-refractivity contribution in [1.29, 1.82) is 0 Å². The van der Waals surface area contributed by atoms with Gasteiger partial charge in [-0.25, -0.2) is 13.2 Å². The van der Waals surface area contributed by atoms with E-state index in [1.165, 1.54) is 24.3 Å². The van der Waals surface area contributed by atoms with Crippen LogP contribution in [0.2, 0.25) is 0 Å². The highest BCUT2D eigenvalue weighted by molar-refractivity contribution is 7.90. The molecule has 0 unspecified atom stereocenters. The molecule has 0 saturated carbocycles. The first-order valence-electron chi connectivity index (χ1n) is 11.6. The fraction of sp³-hybridized carbons (Fsp3) is 0.542. The fourth-order valence-corrected chi connectivity index (χ4v) is 4.49. The first kappa shape index (κ1) is 25.9. The van der Waals surface area contributed by atoms with Crippen molar-refractivity contribution in [1.82, 2.24) is 15.1 Å². The number of ether oxygens (including phenoxy) is 2. The van der Waals surface area contributed by atoms with Crippen LogP contribution in [0.25, 0.3) is 0 Å². The quantitative estimate of drug-likeness (QED) is 0.591. The summed E-state index contributed by atoms with van der Waals surface area (Å²) in [7, 11) is -3.33. The van der Waals surface area contributed by atoms with Crippen LogP contribution in [0.4, 0.5) is 0 Å². The van der Waals surface area contributed by atoms with Gasteiger partial charge < -0.3 is 14.8 Å². The number of carbonyl (C=O) groups is 2. The molecule has 2 heterocycles. The summed E-state index contributed by atoms with van der Waals surface area (Å²) in [6.45, 7) is 6.41. The van der Waals surface area contributed by atoms with Gasteiger partial charge in [-0.15, -0.1) is 0 Å². The van der Waals surface area contributed by atoms with E-state index in [-0.39, 0.29) is 28.9 Å². The third-order valence-corrected chi connectivity index (χ3v) is 6.78. The molecule has 1 aliphatic rings. The number of nitrogens with one attached hydrogen (secondary N) is 1. The van der Waals surface area contributed by atoms with Crippen molar-refractivity contribution < 1.29 is 27.5 Å². The minimum absolute atomic E-state index is 0.0505. The average molecular weight is 492 g/mol. The van der Waals surface area contributed by atoms with Crippen molar-refractivity contribution >= 4 is 21.7 Å². The van der Waals surface area contributed by atoms with Gasteiger partial charge in [0.2, 0.25) is 0 Å². The van der Waals surface area contributed by atoms with E-state index in [0.29, 0.717) is 44.7 Å². The van der Waals surface area contributed by atoms with Gasteiger partial charge in [0.15, 0.2) is 9.84 Å². The topological polar surface area (TPSA) is 117 Å². The molecule has 1 aromatic carbocycles. The lowest BCUT2D eigenvalue weighted by Crippen LogP contribution is -2.27. The number of sulfone groups is 1. The molecule has 1 amide bonds. The molecule has 9 nitrogen and oxygen atoms in total. The number of nitrogens with zero attached hydrogens (tertiary/aromatic N) is 2. The Morgan fingerprint density at radius 3 is 2.62 bits per heavy atom. The first-order chi connectivity index (χ1) is 16.2. The van der Waals surface area contributed by atoms with E-state index in [2.05, 4.69) is 5.32 Å². The van der Waals surface area contributed by atoms with Gasteiger partial charge in [-0.1, -0.05) is 13.8 Å². The van der Waals surface area contributed by atoms with E-state index in [9.17, 15) is 18.0 Å². The molecule has 0 radical (unpaired) electrons. The molecule has 3 rings (SSSR count). The maximum atomic E-state index is 12.9. The van der Waals surface area contributed by atoms with Gasteiger partial charge in [-0.2, -0.15) is 5.10 Å². The van der Waals surface area contributed by atoms with Crippen LogP contribution in [-0.2, 0) is 38.7 Å². The van der Waals surface area contributed by atoms with Crippen molar-refractivity contribution in [2.45, 2.75) is 51.0 Å². The summed E-state index contributed by atoms with van der Waals surface area (Å²) >= 11 is 0. The molecular weight excluding hydrogens is 458 g/mol. The largest absolute Gasteiger partial charge is 0.462 e. The third kappa shape index (κ3) is 6.66. The van der Waals surface area contributed by atoms with Gasteiger partial charge in [-0.3, -0.25) is 9.48 Å². The van der Waals surface area contributed by atoms with Crippen molar-refractivity contribution in [2.24, 2.45) is 5.92 Å². The normalized spacial score (nSPS) is 16.1. The molecule has 186 valence electrons. The molecule has 1 aliphatic heterocycles. The predicted octanol–water partition coefficient (Wildman–Crippen LogP) is 2.42. The van der Waals surface area contributed by atoms with Gasteiger partial charge in [0.05, 0.1) is 34.0 Å². The van der Waals surface area contributed by atoms with Crippen molar-refractivity contribution in [3.63, 3.8) is 0 Å². The van der Waals surface area contributed by atoms with Crippen LogP contribution in [-0.4, -0.2) is 62.7 Å². The Bertz CT molecular complexity index is 1110. The third-order valence-electron chi connectivity index (χ3n) is 5.65. The van der Waals surface area contributed by atoms with Crippen LogP contribution >= 0.6 is 0 Å². The highest BCUT2D eigenvalue weighted by Gasteiger charge is 2.24. The number of carbonyl (C=O) groups excluding carboxylic acids is 2. The van der Waals surface area contributed by atoms with E-state index < -0.39 is 15.8 Å². The predicted molar refractivity (Wildman–Crippen MR) is 127 cm³/mol. The maximum absolute atomic E-state index is 12.9. The van der Waals surface area contributed by atoms with Gasteiger partial charge in [0.1, 0.15) is 0 Å². The van der Waals surface area contributed by atoms with Gasteiger partial charge in [0.25, 0.3) is 5.91 Å². The van der Waals surface area contributed by atoms with Gasteiger partial charge in [-0.05, 0) is 49.9 Å². The average Bonchev–Trinajstić information content (AvgIpc) is 3.13. The summed E-state index contributed by atoms with van der Waals surface area (Å²) < 4.78 is 36.1. The monoisotopic (exact) mass is 491 g/mol. The second-order valence-corrected chi connectivity index (χ2v) is 10.6. The molecular formula is C24H33N3O6S. The summed E-state index contributed by atoms with van der Waals surface area (Å²) in [5.41, 5.74) is 2.59. The number of aromatic nitrogens is 2. The minimum atomic E-state index is -3.33. The Hall–Kier alpha value is -2.72. The number of hydrogen-bond donors (Lipinski definition) is 1. The SMILES string of the molecule is CCc1nn(C[C@@H](C)COC(=O)c2ccc(S(C)(=O)=O)cc2)c2c1C(=O)NCCCOCCC2. The van der Waals surface area contributed by atoms with Crippen LogP contribution in [0, 0.1) is 5.92 Å². The standard InChI is InChI=1S/C24H33N3O6S/c1-4-20-22-21(7-5-13-32-14-6-12-25-23(22)28)27(26-20)15-17(2)16-33-24(29)18-8-10-19(11-9-18)34(3,30)31/h8-11,17H,4-7,12-16H2,1-3H3,(H,25,28)/t17-/m1/s1. The van der Waals surface area contributed by atoms with E-state index in [1.807, 2.05) is 18.5 Å². The van der Waals surface area contributed by atoms with Crippen LogP contribution in [0.15, 0.2) is 29.2 Å². The second kappa shape index (κ2) is 11.6. The zero-order valence-corrected chi connectivity index (χ0v) is 20.8. The van der Waals surface area contributed by atoms with E-state index in [1.54, 1.807) is 0 Å². The molecule has 1 N–H and O–H groups in total. The van der Waals surface area contributed by atoms with E-state index in [4.69, 9.17) is 14.6 Å². The Balaban J connectivity index is 1.68. The molecule has 0 bridgehead atoms. The molecule has 34 heavy (non-hydrogen) atoms.